The van der Waals surface area contributed by atoms with Gasteiger partial charge in [0.1, 0.15) is 5.69 Å². The van der Waals surface area contributed by atoms with Gasteiger partial charge in [-0.2, -0.15) is 0 Å². The van der Waals surface area contributed by atoms with E-state index in [-0.39, 0.29) is 5.91 Å². The lowest BCUT2D eigenvalue weighted by Gasteiger charge is -2.01. The molecule has 0 aliphatic heterocycles. The zero-order chi connectivity index (χ0) is 11.1. The monoisotopic (exact) mass is 210 g/mol. The predicted octanol–water partition coefficient (Wildman–Crippen LogP) is 1.01. The summed E-state index contributed by atoms with van der Waals surface area (Å²) in [5.74, 6) is 0.0918. The van der Waals surface area contributed by atoms with E-state index in [4.69, 9.17) is 0 Å². The number of rotatable bonds is 6. The fourth-order valence-corrected chi connectivity index (χ4v) is 1.29. The summed E-state index contributed by atoms with van der Waals surface area (Å²) in [6.45, 7) is 2.59. The summed E-state index contributed by atoms with van der Waals surface area (Å²) in [4.78, 5) is 11.3. The van der Waals surface area contributed by atoms with Crippen LogP contribution in [0.3, 0.4) is 0 Å². The second-order valence-electron chi connectivity index (χ2n) is 3.62. The van der Waals surface area contributed by atoms with Gasteiger partial charge in [-0.1, -0.05) is 25.0 Å². The topological polar surface area (TPSA) is 59.8 Å². The van der Waals surface area contributed by atoms with Crippen LogP contribution in [0.15, 0.2) is 6.20 Å². The molecule has 0 fully saturated rings. The van der Waals surface area contributed by atoms with Crippen LogP contribution in [0.2, 0.25) is 0 Å². The molecule has 15 heavy (non-hydrogen) atoms. The lowest BCUT2D eigenvalue weighted by atomic mass is 10.2. The molecular formula is C10H18N4O. The van der Waals surface area contributed by atoms with Crippen molar-refractivity contribution in [2.75, 3.05) is 0 Å². The largest absolute Gasteiger partial charge is 0.350 e. The van der Waals surface area contributed by atoms with Gasteiger partial charge in [0.05, 0.1) is 6.54 Å². The molecule has 1 aromatic heterocycles. The van der Waals surface area contributed by atoms with Gasteiger partial charge in [-0.25, -0.2) is 0 Å². The first-order valence-corrected chi connectivity index (χ1v) is 5.34. The fourth-order valence-electron chi connectivity index (χ4n) is 1.29. The predicted molar refractivity (Wildman–Crippen MR) is 57.0 cm³/mol. The van der Waals surface area contributed by atoms with Crippen molar-refractivity contribution in [1.82, 2.24) is 20.3 Å². The summed E-state index contributed by atoms with van der Waals surface area (Å²) in [5.41, 5.74) is 0.793. The number of aryl methyl sites for hydroxylation is 1. The van der Waals surface area contributed by atoms with Gasteiger partial charge in [0.25, 0.3) is 0 Å². The first-order valence-electron chi connectivity index (χ1n) is 5.34. The van der Waals surface area contributed by atoms with Crippen LogP contribution in [0.25, 0.3) is 0 Å². The van der Waals surface area contributed by atoms with Crippen LogP contribution in [-0.4, -0.2) is 20.9 Å². The van der Waals surface area contributed by atoms with E-state index in [0.29, 0.717) is 13.0 Å². The Bertz CT molecular complexity index is 308. The number of carbonyl (C=O) groups is 1. The SMILES string of the molecule is CCCCCC(=O)NCc1cn(C)nn1. The second kappa shape index (κ2) is 6.16. The molecule has 0 aliphatic carbocycles. The molecule has 0 aliphatic rings. The lowest BCUT2D eigenvalue weighted by molar-refractivity contribution is -0.121. The van der Waals surface area contributed by atoms with Crippen LogP contribution >= 0.6 is 0 Å². The molecule has 0 radical (unpaired) electrons. The van der Waals surface area contributed by atoms with Gasteiger partial charge in [-0.3, -0.25) is 9.48 Å². The van der Waals surface area contributed by atoms with Crippen LogP contribution in [0.5, 0.6) is 0 Å². The third-order valence-corrected chi connectivity index (χ3v) is 2.12. The minimum absolute atomic E-state index is 0.0918. The smallest absolute Gasteiger partial charge is 0.220 e. The number of amides is 1. The summed E-state index contributed by atoms with van der Waals surface area (Å²) in [5, 5.41) is 10.5. The molecule has 0 bridgehead atoms. The van der Waals surface area contributed by atoms with E-state index in [1.807, 2.05) is 0 Å². The molecule has 1 aromatic rings. The number of nitrogens with one attached hydrogen (secondary N) is 1. The van der Waals surface area contributed by atoms with Crippen molar-refractivity contribution in [3.8, 4) is 0 Å². The Hall–Kier alpha value is -1.39. The van der Waals surface area contributed by atoms with Crippen molar-refractivity contribution in [3.63, 3.8) is 0 Å². The van der Waals surface area contributed by atoms with Crippen molar-refractivity contribution in [2.45, 2.75) is 39.2 Å². The van der Waals surface area contributed by atoms with Gasteiger partial charge in [0.15, 0.2) is 0 Å². The molecule has 0 saturated carbocycles. The maximum absolute atomic E-state index is 11.3. The third kappa shape index (κ3) is 4.58. The summed E-state index contributed by atoms with van der Waals surface area (Å²) >= 11 is 0. The Balaban J connectivity index is 2.16. The maximum atomic E-state index is 11.3. The molecule has 1 rings (SSSR count). The van der Waals surface area contributed by atoms with E-state index in [1.54, 1.807) is 17.9 Å². The minimum atomic E-state index is 0.0918. The van der Waals surface area contributed by atoms with E-state index >= 15 is 0 Å². The minimum Gasteiger partial charge on any atom is -0.350 e. The molecule has 1 N–H and O–H groups in total. The Morgan fingerprint density at radius 2 is 2.33 bits per heavy atom. The maximum Gasteiger partial charge on any atom is 0.220 e. The van der Waals surface area contributed by atoms with Crippen LogP contribution < -0.4 is 5.32 Å². The Morgan fingerprint density at radius 3 is 2.93 bits per heavy atom. The van der Waals surface area contributed by atoms with Gasteiger partial charge in [-0.15, -0.1) is 5.10 Å². The van der Waals surface area contributed by atoms with Crippen molar-refractivity contribution in [3.05, 3.63) is 11.9 Å². The van der Waals surface area contributed by atoms with Crippen molar-refractivity contribution >= 4 is 5.91 Å². The molecule has 0 atom stereocenters. The molecule has 0 saturated heterocycles. The van der Waals surface area contributed by atoms with Gasteiger partial charge < -0.3 is 5.32 Å². The lowest BCUT2D eigenvalue weighted by Crippen LogP contribution is -2.22. The van der Waals surface area contributed by atoms with Crippen molar-refractivity contribution in [1.29, 1.82) is 0 Å². The summed E-state index contributed by atoms with van der Waals surface area (Å²) in [7, 11) is 1.81. The van der Waals surface area contributed by atoms with E-state index in [1.165, 1.54) is 0 Å². The van der Waals surface area contributed by atoms with E-state index in [9.17, 15) is 4.79 Å². The molecule has 0 spiro atoms. The molecule has 5 nitrogen and oxygen atoms in total. The molecular weight excluding hydrogens is 192 g/mol. The Morgan fingerprint density at radius 1 is 1.53 bits per heavy atom. The molecule has 1 amide bonds. The van der Waals surface area contributed by atoms with Crippen molar-refractivity contribution < 1.29 is 4.79 Å². The first kappa shape index (κ1) is 11.7. The number of hydrogen-bond donors (Lipinski definition) is 1. The first-order chi connectivity index (χ1) is 7.22. The fraction of sp³-hybridized carbons (Fsp3) is 0.700. The summed E-state index contributed by atoms with van der Waals surface area (Å²) in [6.07, 6.45) is 5.61. The molecule has 1 heterocycles. The number of nitrogens with zero attached hydrogens (tertiary/aromatic N) is 3. The molecule has 84 valence electrons. The number of hydrogen-bond acceptors (Lipinski definition) is 3. The highest BCUT2D eigenvalue weighted by Gasteiger charge is 2.02. The highest BCUT2D eigenvalue weighted by molar-refractivity contribution is 5.75. The molecule has 0 aromatic carbocycles. The average molecular weight is 210 g/mol. The molecule has 5 heteroatoms. The highest BCUT2D eigenvalue weighted by atomic mass is 16.1. The average Bonchev–Trinajstić information content (AvgIpc) is 2.62. The van der Waals surface area contributed by atoms with Gasteiger partial charge in [0.2, 0.25) is 5.91 Å². The normalized spacial score (nSPS) is 10.3. The van der Waals surface area contributed by atoms with Crippen LogP contribution in [0.4, 0.5) is 0 Å². The molecule has 0 unspecified atom stereocenters. The van der Waals surface area contributed by atoms with Gasteiger partial charge in [-0.05, 0) is 6.42 Å². The van der Waals surface area contributed by atoms with Crippen LogP contribution in [0, 0.1) is 0 Å². The highest BCUT2D eigenvalue weighted by Crippen LogP contribution is 1.99. The van der Waals surface area contributed by atoms with Crippen LogP contribution in [-0.2, 0) is 18.4 Å². The number of aromatic nitrogens is 3. The van der Waals surface area contributed by atoms with Gasteiger partial charge >= 0.3 is 0 Å². The van der Waals surface area contributed by atoms with Crippen molar-refractivity contribution in [2.24, 2.45) is 7.05 Å². The standard InChI is InChI=1S/C10H18N4O/c1-3-4-5-6-10(15)11-7-9-8-14(2)13-12-9/h8H,3-7H2,1-2H3,(H,11,15). The number of unbranched alkanes of at least 4 members (excludes halogenated alkanes) is 2. The summed E-state index contributed by atoms with van der Waals surface area (Å²) in [6, 6.07) is 0. The second-order valence-corrected chi connectivity index (χ2v) is 3.62. The Kier molecular flexibility index (Phi) is 4.80. The zero-order valence-corrected chi connectivity index (χ0v) is 9.36. The number of carbonyl (C=O) groups excluding carboxylic acids is 1. The van der Waals surface area contributed by atoms with E-state index < -0.39 is 0 Å². The third-order valence-electron chi connectivity index (χ3n) is 2.12. The van der Waals surface area contributed by atoms with E-state index in [0.717, 1.165) is 25.0 Å². The van der Waals surface area contributed by atoms with E-state index in [2.05, 4.69) is 22.6 Å². The summed E-state index contributed by atoms with van der Waals surface area (Å²) < 4.78 is 1.62. The van der Waals surface area contributed by atoms with Crippen LogP contribution in [0.1, 0.15) is 38.3 Å². The Labute approximate surface area is 89.9 Å². The quantitative estimate of drug-likeness (QED) is 0.713. The van der Waals surface area contributed by atoms with Gasteiger partial charge in [0, 0.05) is 19.7 Å². The zero-order valence-electron chi connectivity index (χ0n) is 9.36.